The van der Waals surface area contributed by atoms with Crippen molar-refractivity contribution in [2.75, 3.05) is 24.6 Å². The summed E-state index contributed by atoms with van der Waals surface area (Å²) in [4.78, 5) is 25.1. The lowest BCUT2D eigenvalue weighted by molar-refractivity contribution is -0.118. The summed E-state index contributed by atoms with van der Waals surface area (Å²) in [6.45, 7) is 2.76. The maximum atomic E-state index is 11.8. The number of nitrogens with two attached hydrogens (primary N) is 1. The van der Waals surface area contributed by atoms with Gasteiger partial charge in [-0.3, -0.25) is 9.59 Å². The number of Topliss-reactive ketones (excluding diaryl/α,β-unsaturated/α-hetero) is 1. The highest BCUT2D eigenvalue weighted by Crippen LogP contribution is 2.32. The monoisotopic (exact) mass is 248 g/mol. The molecule has 1 aliphatic rings. The van der Waals surface area contributed by atoms with Crippen molar-refractivity contribution in [1.82, 2.24) is 0 Å². The van der Waals surface area contributed by atoms with Crippen molar-refractivity contribution in [2.24, 2.45) is 5.73 Å². The van der Waals surface area contributed by atoms with Crippen LogP contribution in [-0.2, 0) is 4.79 Å². The predicted molar refractivity (Wildman–Crippen MR) is 68.0 cm³/mol. The Morgan fingerprint density at radius 1 is 1.44 bits per heavy atom. The molecule has 0 atom stereocenters. The number of ketones is 1. The number of benzene rings is 1. The van der Waals surface area contributed by atoms with Crippen LogP contribution in [0.15, 0.2) is 18.2 Å². The molecule has 0 bridgehead atoms. The first-order valence-corrected chi connectivity index (χ1v) is 5.97. The molecule has 0 spiro atoms. The van der Waals surface area contributed by atoms with Crippen LogP contribution in [0.5, 0.6) is 5.75 Å². The van der Waals surface area contributed by atoms with E-state index in [1.165, 1.54) is 0 Å². The van der Waals surface area contributed by atoms with E-state index in [1.54, 1.807) is 23.1 Å². The first-order valence-electron chi connectivity index (χ1n) is 5.97. The number of amides is 1. The van der Waals surface area contributed by atoms with E-state index in [1.807, 2.05) is 6.92 Å². The van der Waals surface area contributed by atoms with Crippen LogP contribution in [0.1, 0.15) is 23.7 Å². The molecule has 0 aliphatic carbocycles. The first kappa shape index (κ1) is 12.6. The summed E-state index contributed by atoms with van der Waals surface area (Å²) in [5.41, 5.74) is 6.51. The Morgan fingerprint density at radius 2 is 2.22 bits per heavy atom. The molecule has 5 heteroatoms. The van der Waals surface area contributed by atoms with Crippen LogP contribution >= 0.6 is 0 Å². The second-order valence-electron chi connectivity index (χ2n) is 4.06. The highest BCUT2D eigenvalue weighted by Gasteiger charge is 2.23. The number of carbonyl (C=O) groups excluding carboxylic acids is 2. The summed E-state index contributed by atoms with van der Waals surface area (Å²) in [6.07, 6.45) is 0.425. The van der Waals surface area contributed by atoms with E-state index in [4.69, 9.17) is 10.5 Å². The van der Waals surface area contributed by atoms with Crippen molar-refractivity contribution in [3.8, 4) is 5.75 Å². The van der Waals surface area contributed by atoms with Gasteiger partial charge in [-0.25, -0.2) is 0 Å². The topological polar surface area (TPSA) is 72.6 Å². The Hall–Kier alpha value is -1.88. The van der Waals surface area contributed by atoms with Crippen molar-refractivity contribution in [2.45, 2.75) is 13.3 Å². The summed E-state index contributed by atoms with van der Waals surface area (Å²) >= 11 is 0. The molecule has 1 aromatic rings. The normalized spacial score (nSPS) is 13.8. The zero-order valence-corrected chi connectivity index (χ0v) is 10.3. The van der Waals surface area contributed by atoms with Gasteiger partial charge in [-0.1, -0.05) is 6.92 Å². The van der Waals surface area contributed by atoms with Crippen LogP contribution in [0, 0.1) is 0 Å². The lowest BCUT2D eigenvalue weighted by Gasteiger charge is -2.29. The van der Waals surface area contributed by atoms with Gasteiger partial charge in [0.1, 0.15) is 12.4 Å². The van der Waals surface area contributed by atoms with Crippen molar-refractivity contribution in [1.29, 1.82) is 0 Å². The highest BCUT2D eigenvalue weighted by atomic mass is 16.5. The Morgan fingerprint density at radius 3 is 2.89 bits per heavy atom. The number of ether oxygens (including phenoxy) is 1. The number of hydrogen-bond donors (Lipinski definition) is 1. The number of fused-ring (bicyclic) bond motifs is 1. The van der Waals surface area contributed by atoms with E-state index in [2.05, 4.69) is 0 Å². The third kappa shape index (κ3) is 2.22. The van der Waals surface area contributed by atoms with Gasteiger partial charge in [0.2, 0.25) is 5.91 Å². The quantitative estimate of drug-likeness (QED) is 0.809. The summed E-state index contributed by atoms with van der Waals surface area (Å²) in [5, 5.41) is 0. The molecule has 0 unspecified atom stereocenters. The molecule has 96 valence electrons. The van der Waals surface area contributed by atoms with Gasteiger partial charge in [0, 0.05) is 12.0 Å². The number of nitrogens with zero attached hydrogens (tertiary/aromatic N) is 1. The summed E-state index contributed by atoms with van der Waals surface area (Å²) in [5.74, 6) is 0.515. The summed E-state index contributed by atoms with van der Waals surface area (Å²) in [6, 6.07) is 5.07. The molecule has 1 heterocycles. The minimum Gasteiger partial charge on any atom is -0.490 e. The lowest BCUT2D eigenvalue weighted by Crippen LogP contribution is -2.37. The fraction of sp³-hybridized carbons (Fsp3) is 0.385. The van der Waals surface area contributed by atoms with Gasteiger partial charge < -0.3 is 15.4 Å². The molecule has 0 saturated heterocycles. The van der Waals surface area contributed by atoms with Gasteiger partial charge in [0.05, 0.1) is 18.8 Å². The van der Waals surface area contributed by atoms with Crippen molar-refractivity contribution >= 4 is 17.4 Å². The third-order valence-corrected chi connectivity index (χ3v) is 2.93. The molecule has 1 amide bonds. The van der Waals surface area contributed by atoms with E-state index in [-0.39, 0.29) is 18.2 Å². The molecular weight excluding hydrogens is 232 g/mol. The third-order valence-electron chi connectivity index (χ3n) is 2.93. The van der Waals surface area contributed by atoms with E-state index in [9.17, 15) is 9.59 Å². The number of hydrogen-bond acceptors (Lipinski definition) is 4. The zero-order valence-electron chi connectivity index (χ0n) is 10.3. The Labute approximate surface area is 106 Å². The molecule has 2 rings (SSSR count). The van der Waals surface area contributed by atoms with Gasteiger partial charge in [-0.05, 0) is 18.2 Å². The standard InChI is InChI=1S/C13H16N2O3/c1-2-13(17)15-5-6-18-12-4-3-9(7-10(12)15)11(16)8-14/h3-4,7H,2,5-6,8,14H2,1H3. The molecular formula is C13H16N2O3. The number of anilines is 1. The number of carbonyl (C=O) groups is 2. The van der Waals surface area contributed by atoms with E-state index >= 15 is 0 Å². The van der Waals surface area contributed by atoms with Gasteiger partial charge >= 0.3 is 0 Å². The van der Waals surface area contributed by atoms with Crippen LogP contribution in [0.25, 0.3) is 0 Å². The van der Waals surface area contributed by atoms with Crippen molar-refractivity contribution < 1.29 is 14.3 Å². The second kappa shape index (κ2) is 5.18. The van der Waals surface area contributed by atoms with Gasteiger partial charge in [-0.15, -0.1) is 0 Å². The molecule has 0 fully saturated rings. The average molecular weight is 248 g/mol. The van der Waals surface area contributed by atoms with E-state index in [0.717, 1.165) is 0 Å². The second-order valence-corrected chi connectivity index (χ2v) is 4.06. The fourth-order valence-electron chi connectivity index (χ4n) is 1.96. The molecule has 18 heavy (non-hydrogen) atoms. The molecule has 1 aromatic carbocycles. The Balaban J connectivity index is 2.41. The Kier molecular flexibility index (Phi) is 3.62. The molecule has 5 nitrogen and oxygen atoms in total. The van der Waals surface area contributed by atoms with Crippen LogP contribution in [-0.4, -0.2) is 31.4 Å². The first-order chi connectivity index (χ1) is 8.67. The largest absolute Gasteiger partial charge is 0.490 e. The van der Waals surface area contributed by atoms with Crippen molar-refractivity contribution in [3.05, 3.63) is 23.8 Å². The maximum absolute atomic E-state index is 11.8. The van der Waals surface area contributed by atoms with E-state index < -0.39 is 0 Å². The fourth-order valence-corrected chi connectivity index (χ4v) is 1.96. The van der Waals surface area contributed by atoms with E-state index in [0.29, 0.717) is 36.6 Å². The minimum atomic E-state index is -0.146. The molecule has 1 aliphatic heterocycles. The SMILES string of the molecule is CCC(=O)N1CCOc2ccc(C(=O)CN)cc21. The highest BCUT2D eigenvalue weighted by molar-refractivity contribution is 6.01. The van der Waals surface area contributed by atoms with Gasteiger partial charge in [0.25, 0.3) is 0 Å². The Bertz CT molecular complexity index is 485. The van der Waals surface area contributed by atoms with Crippen LogP contribution in [0.2, 0.25) is 0 Å². The predicted octanol–water partition coefficient (Wildman–Crippen LogP) is 0.963. The minimum absolute atomic E-state index is 0.0249. The zero-order chi connectivity index (χ0) is 13.1. The van der Waals surface area contributed by atoms with Gasteiger partial charge in [-0.2, -0.15) is 0 Å². The van der Waals surface area contributed by atoms with Crippen LogP contribution in [0.4, 0.5) is 5.69 Å². The van der Waals surface area contributed by atoms with Crippen LogP contribution < -0.4 is 15.4 Å². The average Bonchev–Trinajstić information content (AvgIpc) is 2.44. The van der Waals surface area contributed by atoms with Crippen LogP contribution in [0.3, 0.4) is 0 Å². The number of rotatable bonds is 3. The summed E-state index contributed by atoms with van der Waals surface area (Å²) < 4.78 is 5.48. The molecule has 2 N–H and O–H groups in total. The van der Waals surface area contributed by atoms with Crippen molar-refractivity contribution in [3.63, 3.8) is 0 Å². The molecule has 0 radical (unpaired) electrons. The van der Waals surface area contributed by atoms with Gasteiger partial charge in [0.15, 0.2) is 5.78 Å². The smallest absolute Gasteiger partial charge is 0.226 e. The maximum Gasteiger partial charge on any atom is 0.226 e. The lowest BCUT2D eigenvalue weighted by atomic mass is 10.1. The molecule has 0 saturated carbocycles. The summed E-state index contributed by atoms with van der Waals surface area (Å²) in [7, 11) is 0. The molecule has 0 aromatic heterocycles.